The van der Waals surface area contributed by atoms with Crippen LogP contribution in [0.1, 0.15) is 63.9 Å². The molecule has 2 aromatic rings. The Bertz CT molecular complexity index is 659. The van der Waals surface area contributed by atoms with E-state index in [9.17, 15) is 4.79 Å². The summed E-state index contributed by atoms with van der Waals surface area (Å²) >= 11 is 0. The summed E-state index contributed by atoms with van der Waals surface area (Å²) in [5.41, 5.74) is 3.33. The summed E-state index contributed by atoms with van der Waals surface area (Å²) in [6.45, 7) is 3.03. The predicted molar refractivity (Wildman–Crippen MR) is 111 cm³/mol. The van der Waals surface area contributed by atoms with Crippen molar-refractivity contribution in [1.29, 1.82) is 0 Å². The summed E-state index contributed by atoms with van der Waals surface area (Å²) in [4.78, 5) is 10.6. The number of hydrogen-bond donors (Lipinski definition) is 1. The number of carboxylic acid groups (broad SMARTS) is 1. The molecule has 3 nitrogen and oxygen atoms in total. The van der Waals surface area contributed by atoms with E-state index in [2.05, 4.69) is 19.1 Å². The second-order valence-corrected chi connectivity index (χ2v) is 7.08. The third-order valence-corrected chi connectivity index (χ3v) is 4.79. The van der Waals surface area contributed by atoms with Gasteiger partial charge in [-0.05, 0) is 41.7 Å². The fourth-order valence-electron chi connectivity index (χ4n) is 3.11. The normalized spacial score (nSPS) is 10.7. The summed E-state index contributed by atoms with van der Waals surface area (Å²) in [6, 6.07) is 16.3. The topological polar surface area (TPSA) is 46.5 Å². The molecular weight excluding hydrogens is 336 g/mol. The second kappa shape index (κ2) is 12.2. The molecule has 0 bridgehead atoms. The van der Waals surface area contributed by atoms with E-state index in [4.69, 9.17) is 9.84 Å². The van der Waals surface area contributed by atoms with Crippen molar-refractivity contribution in [2.45, 2.75) is 64.7 Å². The number of carboxylic acids is 1. The average Bonchev–Trinajstić information content (AvgIpc) is 2.69. The predicted octanol–water partition coefficient (Wildman–Crippen LogP) is 6.50. The van der Waals surface area contributed by atoms with Gasteiger partial charge in [0.1, 0.15) is 5.75 Å². The van der Waals surface area contributed by atoms with E-state index in [0.717, 1.165) is 35.5 Å². The lowest BCUT2D eigenvalue weighted by atomic mass is 10.0. The Morgan fingerprint density at radius 2 is 1.37 bits per heavy atom. The molecule has 0 aliphatic heterocycles. The largest absolute Gasteiger partial charge is 0.494 e. The lowest BCUT2D eigenvalue weighted by molar-refractivity contribution is -0.136. The molecule has 0 heterocycles. The van der Waals surface area contributed by atoms with Crippen LogP contribution >= 0.6 is 0 Å². The Morgan fingerprint density at radius 3 is 1.96 bits per heavy atom. The van der Waals surface area contributed by atoms with Gasteiger partial charge in [0.2, 0.25) is 0 Å². The lowest BCUT2D eigenvalue weighted by Crippen LogP contribution is -1.97. The molecular formula is C24H32O3. The number of benzene rings is 2. The Hall–Kier alpha value is -2.29. The first kappa shape index (κ1) is 21.0. The molecule has 3 heteroatoms. The molecule has 0 aliphatic carbocycles. The van der Waals surface area contributed by atoms with E-state index < -0.39 is 5.97 Å². The molecule has 2 rings (SSSR count). The monoisotopic (exact) mass is 368 g/mol. The van der Waals surface area contributed by atoms with Gasteiger partial charge in [0.15, 0.2) is 0 Å². The molecule has 0 atom stereocenters. The third-order valence-electron chi connectivity index (χ3n) is 4.79. The van der Waals surface area contributed by atoms with E-state index in [0.29, 0.717) is 6.42 Å². The van der Waals surface area contributed by atoms with Crippen molar-refractivity contribution in [3.63, 3.8) is 0 Å². The van der Waals surface area contributed by atoms with Gasteiger partial charge in [-0.25, -0.2) is 0 Å². The van der Waals surface area contributed by atoms with Crippen LogP contribution in [0.3, 0.4) is 0 Å². The molecule has 0 fully saturated rings. The molecule has 27 heavy (non-hydrogen) atoms. The molecule has 2 aromatic carbocycles. The van der Waals surface area contributed by atoms with Gasteiger partial charge in [-0.1, -0.05) is 81.8 Å². The quantitative estimate of drug-likeness (QED) is 0.410. The van der Waals surface area contributed by atoms with Crippen LogP contribution < -0.4 is 4.74 Å². The Kier molecular flexibility index (Phi) is 9.47. The Balaban J connectivity index is 1.72. The van der Waals surface area contributed by atoms with Crippen molar-refractivity contribution < 1.29 is 14.6 Å². The highest BCUT2D eigenvalue weighted by molar-refractivity contribution is 5.67. The molecule has 0 amide bonds. The molecule has 0 saturated heterocycles. The van der Waals surface area contributed by atoms with E-state index >= 15 is 0 Å². The van der Waals surface area contributed by atoms with E-state index in [1.807, 2.05) is 36.4 Å². The molecule has 0 saturated carbocycles. The first-order valence-corrected chi connectivity index (χ1v) is 10.2. The summed E-state index contributed by atoms with van der Waals surface area (Å²) in [6.07, 6.45) is 9.77. The SMILES string of the molecule is CCCCCCCCCOc1ccc(-c2ccc(CCC(=O)O)cc2)cc1. The number of aryl methyl sites for hydroxylation is 1. The van der Waals surface area contributed by atoms with Gasteiger partial charge in [0.05, 0.1) is 6.61 Å². The minimum Gasteiger partial charge on any atom is -0.494 e. The number of hydrogen-bond acceptors (Lipinski definition) is 2. The summed E-state index contributed by atoms with van der Waals surface area (Å²) in [5, 5.41) is 8.76. The smallest absolute Gasteiger partial charge is 0.303 e. The lowest BCUT2D eigenvalue weighted by Gasteiger charge is -2.08. The van der Waals surface area contributed by atoms with Crippen molar-refractivity contribution in [2.24, 2.45) is 0 Å². The molecule has 1 N–H and O–H groups in total. The summed E-state index contributed by atoms with van der Waals surface area (Å²) in [7, 11) is 0. The standard InChI is InChI=1S/C24H32O3/c1-2-3-4-5-6-7-8-19-27-23-16-14-22(15-17-23)21-12-9-20(10-13-21)11-18-24(25)26/h9-10,12-17H,2-8,11,18-19H2,1H3,(H,25,26). The summed E-state index contributed by atoms with van der Waals surface area (Å²) in [5.74, 6) is 0.161. The highest BCUT2D eigenvalue weighted by atomic mass is 16.5. The van der Waals surface area contributed by atoms with Crippen LogP contribution in [0.15, 0.2) is 48.5 Å². The number of rotatable bonds is 13. The van der Waals surface area contributed by atoms with E-state index in [1.165, 1.54) is 38.5 Å². The molecule has 0 aliphatic rings. The zero-order chi connectivity index (χ0) is 19.3. The van der Waals surface area contributed by atoms with Gasteiger partial charge in [0.25, 0.3) is 0 Å². The minimum atomic E-state index is -0.758. The van der Waals surface area contributed by atoms with Gasteiger partial charge >= 0.3 is 5.97 Å². The van der Waals surface area contributed by atoms with Crippen LogP contribution in [-0.4, -0.2) is 17.7 Å². The molecule has 0 aromatic heterocycles. The Morgan fingerprint density at radius 1 is 0.815 bits per heavy atom. The fourth-order valence-corrected chi connectivity index (χ4v) is 3.11. The third kappa shape index (κ3) is 8.29. The Labute approximate surface area is 163 Å². The first-order valence-electron chi connectivity index (χ1n) is 10.2. The zero-order valence-corrected chi connectivity index (χ0v) is 16.5. The molecule has 0 radical (unpaired) electrons. The van der Waals surface area contributed by atoms with Gasteiger partial charge in [-0.3, -0.25) is 4.79 Å². The van der Waals surface area contributed by atoms with Crippen LogP contribution in [0, 0.1) is 0 Å². The second-order valence-electron chi connectivity index (χ2n) is 7.08. The van der Waals surface area contributed by atoms with Crippen LogP contribution in [0.2, 0.25) is 0 Å². The van der Waals surface area contributed by atoms with Crippen molar-refractivity contribution >= 4 is 5.97 Å². The van der Waals surface area contributed by atoms with Crippen molar-refractivity contribution in [3.05, 3.63) is 54.1 Å². The van der Waals surface area contributed by atoms with Gasteiger partial charge in [0, 0.05) is 6.42 Å². The van der Waals surface area contributed by atoms with Crippen molar-refractivity contribution in [1.82, 2.24) is 0 Å². The van der Waals surface area contributed by atoms with Crippen molar-refractivity contribution in [3.8, 4) is 16.9 Å². The first-order chi connectivity index (χ1) is 13.2. The highest BCUT2D eigenvalue weighted by Gasteiger charge is 2.02. The fraction of sp³-hybridized carbons (Fsp3) is 0.458. The zero-order valence-electron chi connectivity index (χ0n) is 16.5. The number of ether oxygens (including phenoxy) is 1. The maximum absolute atomic E-state index is 10.6. The maximum atomic E-state index is 10.6. The average molecular weight is 369 g/mol. The molecule has 0 unspecified atom stereocenters. The minimum absolute atomic E-state index is 0.171. The molecule has 146 valence electrons. The van der Waals surface area contributed by atoms with E-state index in [-0.39, 0.29) is 6.42 Å². The number of aliphatic carboxylic acids is 1. The number of unbranched alkanes of at least 4 members (excludes halogenated alkanes) is 6. The van der Waals surface area contributed by atoms with Gasteiger partial charge < -0.3 is 9.84 Å². The van der Waals surface area contributed by atoms with E-state index in [1.54, 1.807) is 0 Å². The van der Waals surface area contributed by atoms with Gasteiger partial charge in [-0.15, -0.1) is 0 Å². The van der Waals surface area contributed by atoms with Crippen LogP contribution in [0.4, 0.5) is 0 Å². The van der Waals surface area contributed by atoms with Crippen molar-refractivity contribution in [2.75, 3.05) is 6.61 Å². The maximum Gasteiger partial charge on any atom is 0.303 e. The van der Waals surface area contributed by atoms with Gasteiger partial charge in [-0.2, -0.15) is 0 Å². The van der Waals surface area contributed by atoms with Crippen LogP contribution in [0.25, 0.3) is 11.1 Å². The van der Waals surface area contributed by atoms with Crippen LogP contribution in [0.5, 0.6) is 5.75 Å². The van der Waals surface area contributed by atoms with Crippen LogP contribution in [-0.2, 0) is 11.2 Å². The number of carbonyl (C=O) groups is 1. The molecule has 0 spiro atoms. The highest BCUT2D eigenvalue weighted by Crippen LogP contribution is 2.23. The summed E-state index contributed by atoms with van der Waals surface area (Å²) < 4.78 is 5.84.